The van der Waals surface area contributed by atoms with Crippen molar-refractivity contribution in [1.29, 1.82) is 0 Å². The molecule has 2 unspecified atom stereocenters. The first-order valence-electron chi connectivity index (χ1n) is 7.34. The Labute approximate surface area is 142 Å². The lowest BCUT2D eigenvalue weighted by atomic mass is 9.88. The highest BCUT2D eigenvalue weighted by Crippen LogP contribution is 2.30. The fourth-order valence-electron chi connectivity index (χ4n) is 2.34. The maximum absolute atomic E-state index is 11.8. The molecule has 0 aromatic heterocycles. The average Bonchev–Trinajstić information content (AvgIpc) is 2.53. The molecular formula is C13H22N2O10. The Hall–Kier alpha value is -1.83. The Kier molecular flexibility index (Phi) is 7.22. The predicted molar refractivity (Wildman–Crippen MR) is 77.8 cm³/mol. The van der Waals surface area contributed by atoms with Crippen LogP contribution in [0.4, 0.5) is 0 Å². The van der Waals surface area contributed by atoms with Crippen molar-refractivity contribution in [2.45, 2.75) is 49.6 Å². The number of aliphatic hydroxyl groups excluding tert-OH is 4. The lowest BCUT2D eigenvalue weighted by molar-refractivity contribution is -0.295. The van der Waals surface area contributed by atoms with Gasteiger partial charge < -0.3 is 46.0 Å². The number of aliphatic hydroxyl groups is 5. The van der Waals surface area contributed by atoms with E-state index in [-0.39, 0.29) is 0 Å². The second-order valence-corrected chi connectivity index (χ2v) is 5.69. The van der Waals surface area contributed by atoms with Gasteiger partial charge in [0.05, 0.1) is 25.3 Å². The standard InChI is InChI=1S/C13H22N2O10/c1-5(17)14-3-8(20)15-9-6(18)2-13(24,12(22)23)25-11(9)10(21)7(19)4-16/h6-7,9-11,16,18-19,21,24H,2-4H2,1H3,(H,14,17)(H,15,20)(H,22,23)/t6-,7-,9-,10-,11?,13?/m1/s1. The largest absolute Gasteiger partial charge is 0.477 e. The second-order valence-electron chi connectivity index (χ2n) is 5.69. The first kappa shape index (κ1) is 21.2. The summed E-state index contributed by atoms with van der Waals surface area (Å²) in [4.78, 5) is 33.7. The molecule has 25 heavy (non-hydrogen) atoms. The summed E-state index contributed by atoms with van der Waals surface area (Å²) in [6.45, 7) is -0.217. The number of hydrogen-bond donors (Lipinski definition) is 8. The van der Waals surface area contributed by atoms with Crippen LogP contribution in [0.1, 0.15) is 13.3 Å². The van der Waals surface area contributed by atoms with Crippen molar-refractivity contribution >= 4 is 17.8 Å². The molecule has 1 heterocycles. The third kappa shape index (κ3) is 5.32. The normalized spacial score (nSPS) is 31.7. The van der Waals surface area contributed by atoms with Crippen molar-refractivity contribution in [3.63, 3.8) is 0 Å². The number of carboxylic acids is 1. The number of hydrogen-bond acceptors (Lipinski definition) is 9. The quantitative estimate of drug-likeness (QED) is 0.216. The molecule has 1 saturated heterocycles. The highest BCUT2D eigenvalue weighted by atomic mass is 16.7. The van der Waals surface area contributed by atoms with Gasteiger partial charge in [0, 0.05) is 13.3 Å². The second kappa shape index (κ2) is 8.51. The first-order valence-corrected chi connectivity index (χ1v) is 7.34. The lowest BCUT2D eigenvalue weighted by Crippen LogP contribution is -2.67. The number of carboxylic acid groups (broad SMARTS) is 1. The van der Waals surface area contributed by atoms with Gasteiger partial charge in [-0.05, 0) is 0 Å². The molecular weight excluding hydrogens is 344 g/mol. The summed E-state index contributed by atoms with van der Waals surface area (Å²) in [6.07, 6.45) is -7.97. The predicted octanol–water partition coefficient (Wildman–Crippen LogP) is -4.76. The molecule has 0 bridgehead atoms. The van der Waals surface area contributed by atoms with Crippen molar-refractivity contribution in [2.24, 2.45) is 0 Å². The van der Waals surface area contributed by atoms with Gasteiger partial charge in [-0.25, -0.2) is 4.79 Å². The molecule has 1 aliphatic heterocycles. The summed E-state index contributed by atoms with van der Waals surface area (Å²) in [6, 6.07) is -1.42. The average molecular weight is 366 g/mol. The molecule has 6 atom stereocenters. The highest BCUT2D eigenvalue weighted by molar-refractivity contribution is 5.84. The summed E-state index contributed by atoms with van der Waals surface area (Å²) in [5.74, 6) is -5.99. The summed E-state index contributed by atoms with van der Waals surface area (Å²) in [7, 11) is 0. The lowest BCUT2D eigenvalue weighted by Gasteiger charge is -2.44. The maximum Gasteiger partial charge on any atom is 0.364 e. The monoisotopic (exact) mass is 366 g/mol. The van der Waals surface area contributed by atoms with E-state index in [0.29, 0.717) is 0 Å². The minimum atomic E-state index is -2.86. The number of amides is 2. The zero-order valence-corrected chi connectivity index (χ0v) is 13.3. The van der Waals surface area contributed by atoms with Gasteiger partial charge in [0.2, 0.25) is 11.8 Å². The van der Waals surface area contributed by atoms with Gasteiger partial charge in [-0.1, -0.05) is 0 Å². The Morgan fingerprint density at radius 3 is 2.40 bits per heavy atom. The van der Waals surface area contributed by atoms with E-state index in [1.165, 1.54) is 6.92 Å². The van der Waals surface area contributed by atoms with Crippen LogP contribution in [0.2, 0.25) is 0 Å². The number of rotatable bonds is 7. The minimum Gasteiger partial charge on any atom is -0.477 e. The van der Waals surface area contributed by atoms with E-state index in [1.807, 2.05) is 0 Å². The fourth-order valence-corrected chi connectivity index (χ4v) is 2.34. The molecule has 144 valence electrons. The third-order valence-corrected chi connectivity index (χ3v) is 3.66. The number of ether oxygens (including phenoxy) is 1. The molecule has 8 N–H and O–H groups in total. The molecule has 1 fully saturated rings. The molecule has 12 heteroatoms. The van der Waals surface area contributed by atoms with E-state index in [2.05, 4.69) is 10.6 Å². The molecule has 1 aliphatic rings. The molecule has 1 rings (SSSR count). The Morgan fingerprint density at radius 1 is 1.32 bits per heavy atom. The van der Waals surface area contributed by atoms with Crippen molar-refractivity contribution < 1.29 is 49.8 Å². The maximum atomic E-state index is 11.8. The summed E-state index contributed by atoms with van der Waals surface area (Å²) >= 11 is 0. The molecule has 12 nitrogen and oxygen atoms in total. The van der Waals surface area contributed by atoms with Crippen LogP contribution in [0, 0.1) is 0 Å². The first-order chi connectivity index (χ1) is 11.5. The summed E-state index contributed by atoms with van der Waals surface area (Å²) in [5.41, 5.74) is 0. The van der Waals surface area contributed by atoms with Crippen molar-refractivity contribution in [2.75, 3.05) is 13.2 Å². The van der Waals surface area contributed by atoms with E-state index in [4.69, 9.17) is 14.9 Å². The van der Waals surface area contributed by atoms with E-state index in [9.17, 15) is 34.8 Å². The van der Waals surface area contributed by atoms with Crippen LogP contribution in [-0.4, -0.2) is 97.8 Å². The van der Waals surface area contributed by atoms with Crippen LogP contribution in [0.25, 0.3) is 0 Å². The smallest absolute Gasteiger partial charge is 0.364 e. The zero-order chi connectivity index (χ0) is 19.4. The van der Waals surface area contributed by atoms with E-state index in [1.54, 1.807) is 0 Å². The van der Waals surface area contributed by atoms with Crippen LogP contribution in [0.3, 0.4) is 0 Å². The third-order valence-electron chi connectivity index (χ3n) is 3.66. The van der Waals surface area contributed by atoms with Gasteiger partial charge in [-0.3, -0.25) is 9.59 Å². The Balaban J connectivity index is 2.99. The molecule has 0 saturated carbocycles. The molecule has 2 amide bonds. The molecule has 0 aromatic carbocycles. The molecule has 0 aromatic rings. The van der Waals surface area contributed by atoms with E-state index in [0.717, 1.165) is 0 Å². The molecule has 0 radical (unpaired) electrons. The Bertz CT molecular complexity index is 515. The molecule has 0 aliphatic carbocycles. The van der Waals surface area contributed by atoms with Crippen LogP contribution < -0.4 is 10.6 Å². The zero-order valence-electron chi connectivity index (χ0n) is 13.3. The fraction of sp³-hybridized carbons (Fsp3) is 0.769. The number of aliphatic carboxylic acids is 1. The van der Waals surface area contributed by atoms with Gasteiger partial charge in [0.1, 0.15) is 18.3 Å². The topological polar surface area (TPSA) is 206 Å². The van der Waals surface area contributed by atoms with Gasteiger partial charge in [-0.15, -0.1) is 0 Å². The van der Waals surface area contributed by atoms with Gasteiger partial charge in [0.15, 0.2) is 0 Å². The van der Waals surface area contributed by atoms with Gasteiger partial charge in [0.25, 0.3) is 5.79 Å². The van der Waals surface area contributed by atoms with Crippen LogP contribution in [-0.2, 0) is 19.1 Å². The molecule has 0 spiro atoms. The number of carbonyl (C=O) groups is 3. The SMILES string of the molecule is CC(=O)NCC(=O)N[C@H]1C([C@H](O)[C@H](O)CO)OC(O)(C(=O)O)C[C@H]1O. The van der Waals surface area contributed by atoms with Crippen LogP contribution >= 0.6 is 0 Å². The van der Waals surface area contributed by atoms with E-state index >= 15 is 0 Å². The van der Waals surface area contributed by atoms with Gasteiger partial charge >= 0.3 is 5.97 Å². The number of nitrogens with one attached hydrogen (secondary N) is 2. The van der Waals surface area contributed by atoms with Crippen LogP contribution in [0.15, 0.2) is 0 Å². The number of carbonyl (C=O) groups excluding carboxylic acids is 2. The van der Waals surface area contributed by atoms with Crippen LogP contribution in [0.5, 0.6) is 0 Å². The highest BCUT2D eigenvalue weighted by Gasteiger charge is 2.53. The van der Waals surface area contributed by atoms with Gasteiger partial charge in [-0.2, -0.15) is 0 Å². The van der Waals surface area contributed by atoms with Crippen molar-refractivity contribution in [3.05, 3.63) is 0 Å². The Morgan fingerprint density at radius 2 is 1.92 bits per heavy atom. The summed E-state index contributed by atoms with van der Waals surface area (Å²) in [5, 5.41) is 61.9. The minimum absolute atomic E-state index is 0.465. The van der Waals surface area contributed by atoms with Crippen molar-refractivity contribution in [3.8, 4) is 0 Å². The van der Waals surface area contributed by atoms with Crippen molar-refractivity contribution in [1.82, 2.24) is 10.6 Å². The van der Waals surface area contributed by atoms with E-state index < -0.39 is 73.6 Å². The summed E-state index contributed by atoms with van der Waals surface area (Å²) < 4.78 is 4.90.